The van der Waals surface area contributed by atoms with Crippen molar-refractivity contribution in [3.8, 4) is 0 Å². The maximum Gasteiger partial charge on any atom is 0.406 e. The fourth-order valence-electron chi connectivity index (χ4n) is 1.59. The lowest BCUT2D eigenvalue weighted by atomic mass is 10.3. The van der Waals surface area contributed by atoms with Crippen molar-refractivity contribution in [1.82, 2.24) is 9.80 Å². The van der Waals surface area contributed by atoms with Crippen molar-refractivity contribution >= 4 is 11.8 Å². The van der Waals surface area contributed by atoms with Crippen LogP contribution in [0.3, 0.4) is 0 Å². The number of halogens is 3. The summed E-state index contributed by atoms with van der Waals surface area (Å²) in [6, 6.07) is 2.90. The van der Waals surface area contributed by atoms with E-state index in [0.29, 0.717) is 4.90 Å². The van der Waals surface area contributed by atoms with Crippen molar-refractivity contribution in [3.63, 3.8) is 0 Å². The molecule has 2 amide bonds. The molecule has 1 rings (SSSR count). The fourth-order valence-corrected chi connectivity index (χ4v) is 1.59. The Balaban J connectivity index is 2.68. The van der Waals surface area contributed by atoms with E-state index in [1.165, 1.54) is 31.5 Å². The Morgan fingerprint density at radius 1 is 1.43 bits per heavy atom. The first-order chi connectivity index (χ1) is 9.74. The molecule has 8 heteroatoms. The molecule has 0 atom stereocenters. The predicted molar refractivity (Wildman–Crippen MR) is 68.5 cm³/mol. The highest BCUT2D eigenvalue weighted by Gasteiger charge is 2.33. The van der Waals surface area contributed by atoms with Gasteiger partial charge in [0.2, 0.25) is 5.91 Å². The van der Waals surface area contributed by atoms with E-state index in [0.717, 1.165) is 4.90 Å². The predicted octanol–water partition coefficient (Wildman–Crippen LogP) is 1.93. The molecule has 0 N–H and O–H groups in total. The van der Waals surface area contributed by atoms with Crippen LogP contribution in [0.4, 0.5) is 13.2 Å². The van der Waals surface area contributed by atoms with Gasteiger partial charge in [-0.3, -0.25) is 9.59 Å². The van der Waals surface area contributed by atoms with Crippen LogP contribution in [0.25, 0.3) is 0 Å². The molecule has 0 saturated heterocycles. The number of nitrogens with zero attached hydrogens (tertiary/aromatic N) is 2. The molecule has 0 fully saturated rings. The second-order valence-electron chi connectivity index (χ2n) is 4.32. The third kappa shape index (κ3) is 5.33. The van der Waals surface area contributed by atoms with Gasteiger partial charge in [-0.25, -0.2) is 0 Å². The smallest absolute Gasteiger partial charge is 0.406 e. The third-order valence-corrected chi connectivity index (χ3v) is 2.52. The van der Waals surface area contributed by atoms with Gasteiger partial charge in [-0.05, 0) is 12.1 Å². The van der Waals surface area contributed by atoms with Crippen molar-refractivity contribution < 1.29 is 27.2 Å². The summed E-state index contributed by atoms with van der Waals surface area (Å²) in [6.45, 7) is 1.19. The topological polar surface area (TPSA) is 53.8 Å². The number of furan rings is 1. The van der Waals surface area contributed by atoms with E-state index in [2.05, 4.69) is 6.58 Å². The first-order valence-electron chi connectivity index (χ1n) is 5.99. The summed E-state index contributed by atoms with van der Waals surface area (Å²) in [5.74, 6) is -1.40. The molecule has 1 aromatic rings. The van der Waals surface area contributed by atoms with Crippen LogP contribution in [0.15, 0.2) is 35.5 Å². The van der Waals surface area contributed by atoms with E-state index in [1.54, 1.807) is 0 Å². The molecule has 0 radical (unpaired) electrons. The van der Waals surface area contributed by atoms with Crippen molar-refractivity contribution in [3.05, 3.63) is 36.8 Å². The van der Waals surface area contributed by atoms with Gasteiger partial charge in [0.15, 0.2) is 5.76 Å². The quantitative estimate of drug-likeness (QED) is 0.755. The van der Waals surface area contributed by atoms with Crippen molar-refractivity contribution in [1.29, 1.82) is 0 Å². The maximum absolute atomic E-state index is 12.4. The van der Waals surface area contributed by atoms with Gasteiger partial charge in [0.1, 0.15) is 6.54 Å². The molecule has 5 nitrogen and oxygen atoms in total. The first kappa shape index (κ1) is 16.8. The summed E-state index contributed by atoms with van der Waals surface area (Å²) >= 11 is 0. The molecule has 0 aliphatic rings. The van der Waals surface area contributed by atoms with Gasteiger partial charge in [0.25, 0.3) is 5.91 Å². The van der Waals surface area contributed by atoms with Crippen LogP contribution < -0.4 is 0 Å². The van der Waals surface area contributed by atoms with Crippen LogP contribution in [-0.2, 0) is 4.79 Å². The van der Waals surface area contributed by atoms with E-state index < -0.39 is 31.1 Å². The number of alkyl halides is 3. The minimum absolute atomic E-state index is 0.0105. The zero-order chi connectivity index (χ0) is 16.0. The average Bonchev–Trinajstić information content (AvgIpc) is 2.89. The molecule has 0 spiro atoms. The van der Waals surface area contributed by atoms with E-state index >= 15 is 0 Å². The zero-order valence-electron chi connectivity index (χ0n) is 11.4. The maximum atomic E-state index is 12.4. The Morgan fingerprint density at radius 2 is 2.10 bits per heavy atom. The lowest BCUT2D eigenvalue weighted by molar-refractivity contribution is -0.160. The average molecular weight is 304 g/mol. The highest BCUT2D eigenvalue weighted by molar-refractivity contribution is 5.94. The number of amides is 2. The molecule has 0 aromatic carbocycles. The lowest BCUT2D eigenvalue weighted by Gasteiger charge is -2.25. The zero-order valence-corrected chi connectivity index (χ0v) is 11.4. The van der Waals surface area contributed by atoms with Gasteiger partial charge in [-0.15, -0.1) is 6.58 Å². The molecule has 21 heavy (non-hydrogen) atoms. The van der Waals surface area contributed by atoms with Crippen LogP contribution >= 0.6 is 0 Å². The lowest BCUT2D eigenvalue weighted by Crippen LogP contribution is -2.45. The van der Waals surface area contributed by atoms with Crippen molar-refractivity contribution in [2.45, 2.75) is 6.18 Å². The highest BCUT2D eigenvalue weighted by atomic mass is 19.4. The molecule has 1 aromatic heterocycles. The Hall–Kier alpha value is -2.25. The Morgan fingerprint density at radius 3 is 2.57 bits per heavy atom. The number of likely N-dealkylation sites (N-methyl/N-ethyl adjacent to an activating group) is 1. The molecular formula is C13H15F3N2O3. The van der Waals surface area contributed by atoms with Gasteiger partial charge in [0, 0.05) is 13.6 Å². The molecule has 0 unspecified atom stereocenters. The minimum Gasteiger partial charge on any atom is -0.459 e. The molecular weight excluding hydrogens is 289 g/mol. The standard InChI is InChI=1S/C13H15F3N2O3/c1-3-6-18(9-13(14,15)16)11(19)8-17(2)12(20)10-5-4-7-21-10/h3-5,7H,1,6,8-9H2,2H3. The highest BCUT2D eigenvalue weighted by Crippen LogP contribution is 2.16. The van der Waals surface area contributed by atoms with Crippen LogP contribution in [-0.4, -0.2) is 54.5 Å². The molecule has 0 aliphatic carbocycles. The molecule has 0 saturated carbocycles. The Labute approximate surface area is 119 Å². The van der Waals surface area contributed by atoms with E-state index in [9.17, 15) is 22.8 Å². The SMILES string of the molecule is C=CCN(CC(F)(F)F)C(=O)CN(C)C(=O)c1ccco1. The summed E-state index contributed by atoms with van der Waals surface area (Å²) in [5.41, 5.74) is 0. The number of rotatable bonds is 6. The molecule has 116 valence electrons. The summed E-state index contributed by atoms with van der Waals surface area (Å²) < 4.78 is 42.0. The van der Waals surface area contributed by atoms with Gasteiger partial charge in [-0.1, -0.05) is 6.08 Å². The third-order valence-electron chi connectivity index (χ3n) is 2.52. The van der Waals surface area contributed by atoms with E-state index in [1.807, 2.05) is 0 Å². The monoisotopic (exact) mass is 304 g/mol. The van der Waals surface area contributed by atoms with Crippen LogP contribution in [0, 0.1) is 0 Å². The molecule has 0 bridgehead atoms. The van der Waals surface area contributed by atoms with Gasteiger partial charge in [0.05, 0.1) is 12.8 Å². The molecule has 0 aliphatic heterocycles. The largest absolute Gasteiger partial charge is 0.459 e. The number of hydrogen-bond donors (Lipinski definition) is 0. The van der Waals surface area contributed by atoms with Crippen LogP contribution in [0.1, 0.15) is 10.6 Å². The van der Waals surface area contributed by atoms with E-state index in [4.69, 9.17) is 4.42 Å². The van der Waals surface area contributed by atoms with Gasteiger partial charge in [-0.2, -0.15) is 13.2 Å². The minimum atomic E-state index is -4.51. The number of hydrogen-bond acceptors (Lipinski definition) is 3. The summed E-state index contributed by atoms with van der Waals surface area (Å²) in [4.78, 5) is 25.3. The molecule has 1 heterocycles. The van der Waals surface area contributed by atoms with Gasteiger partial charge < -0.3 is 14.2 Å². The summed E-state index contributed by atoms with van der Waals surface area (Å²) in [6.07, 6.45) is -2.03. The first-order valence-corrected chi connectivity index (χ1v) is 5.99. The van der Waals surface area contributed by atoms with Crippen LogP contribution in [0.5, 0.6) is 0 Å². The second-order valence-corrected chi connectivity index (χ2v) is 4.32. The normalized spacial score (nSPS) is 11.0. The number of carbonyl (C=O) groups is 2. The van der Waals surface area contributed by atoms with Crippen molar-refractivity contribution in [2.24, 2.45) is 0 Å². The summed E-state index contributed by atoms with van der Waals surface area (Å²) in [7, 11) is 1.31. The Kier molecular flexibility index (Phi) is 5.57. The number of carbonyl (C=O) groups excluding carboxylic acids is 2. The van der Waals surface area contributed by atoms with Crippen LogP contribution in [0.2, 0.25) is 0 Å². The Bertz CT molecular complexity index is 497. The van der Waals surface area contributed by atoms with Gasteiger partial charge >= 0.3 is 6.18 Å². The summed E-state index contributed by atoms with van der Waals surface area (Å²) in [5, 5.41) is 0. The fraction of sp³-hybridized carbons (Fsp3) is 0.385. The second kappa shape index (κ2) is 6.96. The van der Waals surface area contributed by atoms with Crippen molar-refractivity contribution in [2.75, 3.05) is 26.7 Å². The van der Waals surface area contributed by atoms with E-state index in [-0.39, 0.29) is 12.3 Å².